The highest BCUT2D eigenvalue weighted by molar-refractivity contribution is 5.90. The fraction of sp³-hybridized carbons (Fsp3) is 0.105. The van der Waals surface area contributed by atoms with Crippen molar-refractivity contribution >= 4 is 22.6 Å². The third-order valence-corrected chi connectivity index (χ3v) is 3.73. The first-order chi connectivity index (χ1) is 12.2. The first-order valence-electron chi connectivity index (χ1n) is 7.49. The van der Waals surface area contributed by atoms with Crippen molar-refractivity contribution in [3.05, 3.63) is 64.2 Å². The largest absolute Gasteiger partial charge is 0.497 e. The number of hydrogen-bond acceptors (Lipinski definition) is 5. The predicted molar refractivity (Wildman–Crippen MR) is 95.4 cm³/mol. The molecule has 6 nitrogen and oxygen atoms in total. The Kier molecular flexibility index (Phi) is 4.48. The van der Waals surface area contributed by atoms with Gasteiger partial charge in [0.25, 0.3) is 5.56 Å². The SMILES string of the molecule is COc1ccc2nc(C(C#N)=Cc3ccccc3OC)[nH]c(=O)c2c1. The average molecular weight is 333 g/mol. The topological polar surface area (TPSA) is 88.0 Å². The van der Waals surface area contributed by atoms with E-state index in [1.54, 1.807) is 37.5 Å². The van der Waals surface area contributed by atoms with Gasteiger partial charge in [0, 0.05) is 5.56 Å². The third-order valence-electron chi connectivity index (χ3n) is 3.73. The molecule has 3 aromatic rings. The fourth-order valence-electron chi connectivity index (χ4n) is 2.47. The second kappa shape index (κ2) is 6.89. The monoisotopic (exact) mass is 333 g/mol. The molecule has 124 valence electrons. The van der Waals surface area contributed by atoms with Crippen LogP contribution in [0.1, 0.15) is 11.4 Å². The second-order valence-electron chi connectivity index (χ2n) is 5.21. The first-order valence-corrected chi connectivity index (χ1v) is 7.49. The summed E-state index contributed by atoms with van der Waals surface area (Å²) >= 11 is 0. The lowest BCUT2D eigenvalue weighted by Gasteiger charge is -2.06. The highest BCUT2D eigenvalue weighted by Gasteiger charge is 2.10. The van der Waals surface area contributed by atoms with Gasteiger partial charge in [-0.25, -0.2) is 4.98 Å². The number of aromatic amines is 1. The molecule has 3 rings (SSSR count). The molecule has 25 heavy (non-hydrogen) atoms. The number of ether oxygens (including phenoxy) is 2. The van der Waals surface area contributed by atoms with Crippen LogP contribution in [0, 0.1) is 11.3 Å². The lowest BCUT2D eigenvalue weighted by Crippen LogP contribution is -2.11. The van der Waals surface area contributed by atoms with Gasteiger partial charge in [-0.15, -0.1) is 0 Å². The Balaban J connectivity index is 2.15. The molecule has 1 aromatic heterocycles. The lowest BCUT2D eigenvalue weighted by atomic mass is 10.1. The highest BCUT2D eigenvalue weighted by atomic mass is 16.5. The number of rotatable bonds is 4. The Morgan fingerprint density at radius 2 is 2.00 bits per heavy atom. The van der Waals surface area contributed by atoms with E-state index in [1.165, 1.54) is 7.11 Å². The molecule has 0 aliphatic carbocycles. The van der Waals surface area contributed by atoms with Crippen molar-refractivity contribution in [2.75, 3.05) is 14.2 Å². The van der Waals surface area contributed by atoms with Crippen molar-refractivity contribution in [1.29, 1.82) is 5.26 Å². The summed E-state index contributed by atoms with van der Waals surface area (Å²) in [5.41, 5.74) is 1.11. The number of nitriles is 1. The van der Waals surface area contributed by atoms with Gasteiger partial charge in [0.2, 0.25) is 0 Å². The fourth-order valence-corrected chi connectivity index (χ4v) is 2.47. The van der Waals surface area contributed by atoms with Gasteiger partial charge < -0.3 is 14.5 Å². The summed E-state index contributed by atoms with van der Waals surface area (Å²) in [5, 5.41) is 9.91. The number of methoxy groups -OCH3 is 2. The van der Waals surface area contributed by atoms with Crippen LogP contribution in [0.25, 0.3) is 22.6 Å². The number of para-hydroxylation sites is 1. The van der Waals surface area contributed by atoms with Crippen LogP contribution in [0.15, 0.2) is 47.3 Å². The summed E-state index contributed by atoms with van der Waals surface area (Å²) in [6.45, 7) is 0. The molecule has 6 heteroatoms. The number of hydrogen-bond donors (Lipinski definition) is 1. The van der Waals surface area contributed by atoms with Gasteiger partial charge in [-0.1, -0.05) is 18.2 Å². The van der Waals surface area contributed by atoms with Crippen LogP contribution in [0.5, 0.6) is 11.5 Å². The third kappa shape index (κ3) is 3.21. The molecule has 2 aromatic carbocycles. The van der Waals surface area contributed by atoms with Crippen LogP contribution in [0.3, 0.4) is 0 Å². The van der Waals surface area contributed by atoms with Crippen LogP contribution < -0.4 is 15.0 Å². The molecule has 0 spiro atoms. The van der Waals surface area contributed by atoms with E-state index in [-0.39, 0.29) is 17.0 Å². The molecule has 0 unspecified atom stereocenters. The van der Waals surface area contributed by atoms with E-state index in [0.29, 0.717) is 22.4 Å². The normalized spacial score (nSPS) is 11.2. The van der Waals surface area contributed by atoms with E-state index >= 15 is 0 Å². The molecule has 0 aliphatic heterocycles. The molecule has 1 heterocycles. The van der Waals surface area contributed by atoms with Crippen molar-refractivity contribution in [2.24, 2.45) is 0 Å². The van der Waals surface area contributed by atoms with Crippen LogP contribution in [-0.2, 0) is 0 Å². The number of aromatic nitrogens is 2. The Morgan fingerprint density at radius 1 is 1.20 bits per heavy atom. The molecular formula is C19H15N3O3. The van der Waals surface area contributed by atoms with E-state index in [4.69, 9.17) is 9.47 Å². The minimum atomic E-state index is -0.333. The molecule has 1 N–H and O–H groups in total. The number of fused-ring (bicyclic) bond motifs is 1. The van der Waals surface area contributed by atoms with Gasteiger partial charge in [0.15, 0.2) is 5.82 Å². The quantitative estimate of drug-likeness (QED) is 0.742. The molecule has 0 radical (unpaired) electrons. The molecule has 0 saturated carbocycles. The molecule has 0 fully saturated rings. The van der Waals surface area contributed by atoms with Gasteiger partial charge in [-0.05, 0) is 30.3 Å². The molecule has 0 atom stereocenters. The van der Waals surface area contributed by atoms with E-state index in [9.17, 15) is 10.1 Å². The van der Waals surface area contributed by atoms with E-state index < -0.39 is 0 Å². The molecule has 0 amide bonds. The maximum atomic E-state index is 12.4. The van der Waals surface area contributed by atoms with Crippen molar-refractivity contribution in [3.63, 3.8) is 0 Å². The smallest absolute Gasteiger partial charge is 0.259 e. The van der Waals surface area contributed by atoms with Gasteiger partial charge in [0.1, 0.15) is 17.6 Å². The van der Waals surface area contributed by atoms with Crippen LogP contribution in [0.4, 0.5) is 0 Å². The lowest BCUT2D eigenvalue weighted by molar-refractivity contribution is 0.414. The summed E-state index contributed by atoms with van der Waals surface area (Å²) in [5.74, 6) is 1.40. The Labute approximate surface area is 144 Å². The number of nitrogens with one attached hydrogen (secondary N) is 1. The van der Waals surface area contributed by atoms with Gasteiger partial charge in [0.05, 0.1) is 30.7 Å². The van der Waals surface area contributed by atoms with Crippen molar-refractivity contribution < 1.29 is 9.47 Å². The Bertz CT molecular complexity index is 1060. The summed E-state index contributed by atoms with van der Waals surface area (Å²) < 4.78 is 10.4. The molecule has 0 bridgehead atoms. The molecule has 0 saturated heterocycles. The summed E-state index contributed by atoms with van der Waals surface area (Å²) in [6, 6.07) is 14.4. The summed E-state index contributed by atoms with van der Waals surface area (Å²) in [4.78, 5) is 19.4. The van der Waals surface area contributed by atoms with Crippen LogP contribution >= 0.6 is 0 Å². The van der Waals surface area contributed by atoms with E-state index in [0.717, 1.165) is 5.56 Å². The average Bonchev–Trinajstić information content (AvgIpc) is 2.66. The van der Waals surface area contributed by atoms with Crippen LogP contribution in [-0.4, -0.2) is 24.2 Å². The Morgan fingerprint density at radius 3 is 2.72 bits per heavy atom. The van der Waals surface area contributed by atoms with E-state index in [2.05, 4.69) is 16.0 Å². The van der Waals surface area contributed by atoms with Crippen molar-refractivity contribution in [2.45, 2.75) is 0 Å². The standard InChI is InChI=1S/C19H15N3O3/c1-24-14-7-8-16-15(10-14)19(23)22-18(21-16)13(11-20)9-12-5-3-4-6-17(12)25-2/h3-10H,1-2H3,(H,21,22,23). The minimum absolute atomic E-state index is 0.205. The maximum Gasteiger partial charge on any atom is 0.259 e. The van der Waals surface area contributed by atoms with Gasteiger partial charge >= 0.3 is 0 Å². The van der Waals surface area contributed by atoms with Crippen LogP contribution in [0.2, 0.25) is 0 Å². The first kappa shape index (κ1) is 16.3. The van der Waals surface area contributed by atoms with Crippen molar-refractivity contribution in [3.8, 4) is 17.6 Å². The van der Waals surface area contributed by atoms with Gasteiger partial charge in [-0.3, -0.25) is 4.79 Å². The number of allylic oxidation sites excluding steroid dienone is 1. The molecule has 0 aliphatic rings. The summed E-state index contributed by atoms with van der Waals surface area (Å²) in [6.07, 6.45) is 1.63. The van der Waals surface area contributed by atoms with E-state index in [1.807, 2.05) is 18.2 Å². The van der Waals surface area contributed by atoms with Crippen molar-refractivity contribution in [1.82, 2.24) is 9.97 Å². The zero-order valence-corrected chi connectivity index (χ0v) is 13.7. The zero-order chi connectivity index (χ0) is 17.8. The van der Waals surface area contributed by atoms with Gasteiger partial charge in [-0.2, -0.15) is 5.26 Å². The summed E-state index contributed by atoms with van der Waals surface area (Å²) in [7, 11) is 3.09. The molecular weight excluding hydrogens is 318 g/mol. The number of H-pyrrole nitrogens is 1. The Hall–Kier alpha value is -3.59. The minimum Gasteiger partial charge on any atom is -0.497 e. The highest BCUT2D eigenvalue weighted by Crippen LogP contribution is 2.23. The second-order valence-corrected chi connectivity index (χ2v) is 5.21. The maximum absolute atomic E-state index is 12.4. The number of nitrogens with zero attached hydrogens (tertiary/aromatic N) is 2. The number of benzene rings is 2. The predicted octanol–water partition coefficient (Wildman–Crippen LogP) is 3.00. The zero-order valence-electron chi connectivity index (χ0n) is 13.7.